The predicted molar refractivity (Wildman–Crippen MR) is 65.7 cm³/mol. The molecule has 2 saturated heterocycles. The lowest BCUT2D eigenvalue weighted by atomic mass is 10.00. The molecule has 0 bridgehead atoms. The highest BCUT2D eigenvalue weighted by molar-refractivity contribution is 7.72. The van der Waals surface area contributed by atoms with Gasteiger partial charge in [0.2, 0.25) is 0 Å². The maximum atomic E-state index is 12.4. The zero-order valence-corrected chi connectivity index (χ0v) is 11.2. The van der Waals surface area contributed by atoms with Gasteiger partial charge < -0.3 is 9.88 Å². The Hall–Kier alpha value is -0.830. The summed E-state index contributed by atoms with van der Waals surface area (Å²) in [6.07, 6.45) is 4.44. The van der Waals surface area contributed by atoms with Gasteiger partial charge in [-0.05, 0) is 13.3 Å². The molecule has 2 N–H and O–H groups in total. The van der Waals surface area contributed by atoms with E-state index >= 15 is 0 Å². The quantitative estimate of drug-likeness (QED) is 0.446. The summed E-state index contributed by atoms with van der Waals surface area (Å²) in [7, 11) is -2.21. The van der Waals surface area contributed by atoms with Gasteiger partial charge in [0.25, 0.3) is 5.91 Å². The highest BCUT2D eigenvalue weighted by Crippen LogP contribution is 2.71. The largest absolute Gasteiger partial charge is 0.323 e. The molecule has 2 fully saturated rings. The number of imide groups is 1. The van der Waals surface area contributed by atoms with Gasteiger partial charge in [0, 0.05) is 12.3 Å². The van der Waals surface area contributed by atoms with E-state index in [1.165, 1.54) is 0 Å². The standard InChI is InChI=1S/C11H19N2O3P/c1-3-4-5-6-17(16)7-8(17)11(2)9(14)12-10(15)13-11/h8H,3-7H2,1-2H3,(H2,12,13,14,15)/t8-,11-,17?/m0/s1. The van der Waals surface area contributed by atoms with Crippen molar-refractivity contribution in [3.05, 3.63) is 0 Å². The summed E-state index contributed by atoms with van der Waals surface area (Å²) in [4.78, 5) is 22.8. The molecule has 2 heterocycles. The fourth-order valence-corrected chi connectivity index (χ4v) is 6.35. The lowest BCUT2D eigenvalue weighted by Crippen LogP contribution is -2.48. The lowest BCUT2D eigenvalue weighted by Gasteiger charge is -2.19. The number of hydrogen-bond acceptors (Lipinski definition) is 3. The SMILES string of the molecule is CCCCCP1(=O)C[C@H]1[C@]1(C)NC(=O)NC1=O. The van der Waals surface area contributed by atoms with E-state index in [1.54, 1.807) is 6.92 Å². The monoisotopic (exact) mass is 258 g/mol. The predicted octanol–water partition coefficient (Wildman–Crippen LogP) is 1.52. The van der Waals surface area contributed by atoms with Gasteiger partial charge in [-0.15, -0.1) is 0 Å². The van der Waals surface area contributed by atoms with Crippen LogP contribution in [-0.4, -0.2) is 35.5 Å². The Balaban J connectivity index is 2.00. The molecule has 3 amide bonds. The van der Waals surface area contributed by atoms with Crippen LogP contribution in [0.4, 0.5) is 4.79 Å². The minimum atomic E-state index is -2.21. The van der Waals surface area contributed by atoms with Crippen LogP contribution in [-0.2, 0) is 9.36 Å². The number of unbranched alkanes of at least 4 members (excludes halogenated alkanes) is 2. The van der Waals surface area contributed by atoms with E-state index in [0.717, 1.165) is 19.3 Å². The van der Waals surface area contributed by atoms with Gasteiger partial charge in [-0.25, -0.2) is 4.79 Å². The van der Waals surface area contributed by atoms with Gasteiger partial charge in [-0.2, -0.15) is 0 Å². The van der Waals surface area contributed by atoms with Crippen molar-refractivity contribution in [2.45, 2.75) is 44.3 Å². The van der Waals surface area contributed by atoms with Gasteiger partial charge in [0.15, 0.2) is 0 Å². The summed E-state index contributed by atoms with van der Waals surface area (Å²) in [6, 6.07) is -0.468. The molecule has 2 rings (SSSR count). The Morgan fingerprint density at radius 2 is 2.12 bits per heavy atom. The maximum Gasteiger partial charge on any atom is 0.322 e. The smallest absolute Gasteiger partial charge is 0.322 e. The average Bonchev–Trinajstić information content (AvgIpc) is 2.83. The van der Waals surface area contributed by atoms with Crippen LogP contribution in [0.3, 0.4) is 0 Å². The van der Waals surface area contributed by atoms with E-state index < -0.39 is 18.7 Å². The topological polar surface area (TPSA) is 75.3 Å². The summed E-state index contributed by atoms with van der Waals surface area (Å²) in [6.45, 7) is 3.78. The van der Waals surface area contributed by atoms with Crippen LogP contribution >= 0.6 is 7.14 Å². The first-order valence-electron chi connectivity index (χ1n) is 6.14. The van der Waals surface area contributed by atoms with Gasteiger partial charge in [-0.3, -0.25) is 10.1 Å². The molecule has 5 nitrogen and oxygen atoms in total. The molecule has 0 saturated carbocycles. The highest BCUT2D eigenvalue weighted by Gasteiger charge is 2.64. The number of carbonyl (C=O) groups is 2. The number of nitrogens with one attached hydrogen (secondary N) is 2. The van der Waals surface area contributed by atoms with Crippen molar-refractivity contribution < 1.29 is 14.2 Å². The molecule has 2 aliphatic rings. The van der Waals surface area contributed by atoms with Crippen molar-refractivity contribution >= 4 is 19.1 Å². The van der Waals surface area contributed by atoms with Crippen molar-refractivity contribution in [3.8, 4) is 0 Å². The van der Waals surface area contributed by atoms with Gasteiger partial charge >= 0.3 is 6.03 Å². The fraction of sp³-hybridized carbons (Fsp3) is 0.818. The molecule has 0 radical (unpaired) electrons. The minimum absolute atomic E-state index is 0.154. The molecular formula is C11H19N2O3P. The summed E-state index contributed by atoms with van der Waals surface area (Å²) in [5.74, 6) is -0.333. The fourth-order valence-electron chi connectivity index (χ4n) is 2.57. The lowest BCUT2D eigenvalue weighted by molar-refractivity contribution is -0.123. The molecular weight excluding hydrogens is 239 g/mol. The first-order chi connectivity index (χ1) is 7.92. The van der Waals surface area contributed by atoms with Crippen molar-refractivity contribution in [2.75, 3.05) is 12.3 Å². The number of amides is 3. The van der Waals surface area contributed by atoms with Gasteiger partial charge in [0.1, 0.15) is 5.54 Å². The van der Waals surface area contributed by atoms with Crippen LogP contribution < -0.4 is 10.6 Å². The molecule has 96 valence electrons. The molecule has 0 aliphatic carbocycles. The Labute approximate surface area is 101 Å². The van der Waals surface area contributed by atoms with E-state index in [1.807, 2.05) is 0 Å². The Morgan fingerprint density at radius 1 is 1.41 bits per heavy atom. The van der Waals surface area contributed by atoms with E-state index in [2.05, 4.69) is 17.6 Å². The minimum Gasteiger partial charge on any atom is -0.323 e. The third kappa shape index (κ3) is 2.13. The summed E-state index contributed by atoms with van der Waals surface area (Å²) < 4.78 is 12.4. The Morgan fingerprint density at radius 3 is 2.65 bits per heavy atom. The van der Waals surface area contributed by atoms with E-state index in [-0.39, 0.29) is 11.6 Å². The van der Waals surface area contributed by atoms with Gasteiger partial charge in [0.05, 0.1) is 12.8 Å². The Kier molecular flexibility index (Phi) is 3.06. The van der Waals surface area contributed by atoms with Crippen LogP contribution in [0.5, 0.6) is 0 Å². The zero-order valence-electron chi connectivity index (χ0n) is 10.3. The molecule has 0 aromatic carbocycles. The number of hydrogen-bond donors (Lipinski definition) is 2. The second-order valence-corrected chi connectivity index (χ2v) is 8.53. The average molecular weight is 258 g/mol. The summed E-state index contributed by atoms with van der Waals surface area (Å²) >= 11 is 0. The van der Waals surface area contributed by atoms with Crippen molar-refractivity contribution in [1.82, 2.24) is 10.6 Å². The van der Waals surface area contributed by atoms with Crippen molar-refractivity contribution in [3.63, 3.8) is 0 Å². The normalized spacial score (nSPS) is 40.0. The molecule has 1 unspecified atom stereocenters. The second kappa shape index (κ2) is 4.13. The van der Waals surface area contributed by atoms with E-state index in [0.29, 0.717) is 12.3 Å². The van der Waals surface area contributed by atoms with E-state index in [9.17, 15) is 14.2 Å². The zero-order chi connectivity index (χ0) is 12.7. The maximum absolute atomic E-state index is 12.4. The van der Waals surface area contributed by atoms with Crippen LogP contribution in [0, 0.1) is 0 Å². The van der Waals surface area contributed by atoms with Crippen LogP contribution in [0.2, 0.25) is 0 Å². The second-order valence-electron chi connectivity index (χ2n) is 5.19. The number of rotatable bonds is 5. The number of carbonyl (C=O) groups excluding carboxylic acids is 2. The van der Waals surface area contributed by atoms with Crippen LogP contribution in [0.25, 0.3) is 0 Å². The molecule has 6 heteroatoms. The molecule has 3 atom stereocenters. The molecule has 0 spiro atoms. The third-order valence-corrected chi connectivity index (χ3v) is 7.22. The summed E-state index contributed by atoms with van der Waals surface area (Å²) in [5, 5.41) is 4.84. The van der Waals surface area contributed by atoms with Gasteiger partial charge in [-0.1, -0.05) is 19.8 Å². The Bertz CT molecular complexity index is 410. The molecule has 17 heavy (non-hydrogen) atoms. The molecule has 0 aromatic rings. The highest BCUT2D eigenvalue weighted by atomic mass is 31.2. The van der Waals surface area contributed by atoms with Crippen LogP contribution in [0.1, 0.15) is 33.1 Å². The van der Waals surface area contributed by atoms with E-state index in [4.69, 9.17) is 0 Å². The first kappa shape index (κ1) is 12.6. The summed E-state index contributed by atoms with van der Waals surface area (Å²) in [5.41, 5.74) is -1.10. The third-order valence-electron chi connectivity index (χ3n) is 3.79. The van der Waals surface area contributed by atoms with Crippen molar-refractivity contribution in [1.29, 1.82) is 0 Å². The molecule has 0 aromatic heterocycles. The molecule has 2 aliphatic heterocycles. The number of urea groups is 1. The first-order valence-corrected chi connectivity index (χ1v) is 8.28. The van der Waals surface area contributed by atoms with Crippen LogP contribution in [0.15, 0.2) is 0 Å². The van der Waals surface area contributed by atoms with Crippen molar-refractivity contribution in [2.24, 2.45) is 0 Å².